The minimum Gasteiger partial charge on any atom is -0.342 e. The minimum atomic E-state index is 0.264. The summed E-state index contributed by atoms with van der Waals surface area (Å²) in [7, 11) is 0. The molecule has 0 N–H and O–H groups in total. The molecule has 0 aromatic heterocycles. The molecule has 3 aliphatic heterocycles. The summed E-state index contributed by atoms with van der Waals surface area (Å²) < 4.78 is 0. The SMILES string of the molecule is O=C(C1CCCN(C2CCN(CCc3ccccc3)CC2)C1)N1CCC1. The van der Waals surface area contributed by atoms with Gasteiger partial charge in [0.2, 0.25) is 5.91 Å². The molecule has 3 saturated heterocycles. The van der Waals surface area contributed by atoms with Crippen LogP contribution in [0.25, 0.3) is 0 Å². The number of hydrogen-bond donors (Lipinski definition) is 0. The molecule has 3 aliphatic rings. The van der Waals surface area contributed by atoms with E-state index in [1.807, 2.05) is 0 Å². The standard InChI is InChI=1S/C22H33N3O/c26-22(24-13-5-14-24)20-8-4-12-25(18-20)21-10-16-23(17-11-21)15-9-19-6-2-1-3-7-19/h1-3,6-7,20-21H,4-5,8-18H2. The van der Waals surface area contributed by atoms with Gasteiger partial charge in [0.05, 0.1) is 5.92 Å². The van der Waals surface area contributed by atoms with Crippen LogP contribution in [-0.4, -0.2) is 72.5 Å². The largest absolute Gasteiger partial charge is 0.342 e. The molecule has 1 amide bonds. The molecule has 4 nitrogen and oxygen atoms in total. The third kappa shape index (κ3) is 4.29. The number of likely N-dealkylation sites (tertiary alicyclic amines) is 3. The van der Waals surface area contributed by atoms with Gasteiger partial charge in [-0.05, 0) is 63.7 Å². The molecule has 4 rings (SSSR count). The van der Waals surface area contributed by atoms with Gasteiger partial charge in [0.25, 0.3) is 0 Å². The normalized spacial score (nSPS) is 25.8. The molecule has 0 saturated carbocycles. The molecular weight excluding hydrogens is 322 g/mol. The highest BCUT2D eigenvalue weighted by Gasteiger charge is 2.34. The van der Waals surface area contributed by atoms with Gasteiger partial charge in [-0.2, -0.15) is 0 Å². The Hall–Kier alpha value is -1.39. The van der Waals surface area contributed by atoms with E-state index in [0.717, 1.165) is 32.5 Å². The first-order valence-corrected chi connectivity index (χ1v) is 10.6. The summed E-state index contributed by atoms with van der Waals surface area (Å²) in [6.07, 6.45) is 7.17. The molecule has 0 radical (unpaired) electrons. The highest BCUT2D eigenvalue weighted by molar-refractivity contribution is 5.79. The van der Waals surface area contributed by atoms with Crippen LogP contribution >= 0.6 is 0 Å². The van der Waals surface area contributed by atoms with E-state index in [1.165, 1.54) is 57.4 Å². The highest BCUT2D eigenvalue weighted by atomic mass is 16.2. The molecule has 0 spiro atoms. The maximum Gasteiger partial charge on any atom is 0.226 e. The van der Waals surface area contributed by atoms with Gasteiger partial charge >= 0.3 is 0 Å². The first kappa shape index (κ1) is 18.0. The quantitative estimate of drug-likeness (QED) is 0.812. The summed E-state index contributed by atoms with van der Waals surface area (Å²) >= 11 is 0. The predicted molar refractivity (Wildman–Crippen MR) is 105 cm³/mol. The number of rotatable bonds is 5. The Morgan fingerprint density at radius 1 is 0.923 bits per heavy atom. The summed E-state index contributed by atoms with van der Waals surface area (Å²) in [5.74, 6) is 0.696. The van der Waals surface area contributed by atoms with Gasteiger partial charge in [-0.1, -0.05) is 30.3 Å². The number of piperidine rings is 2. The maximum absolute atomic E-state index is 12.6. The van der Waals surface area contributed by atoms with Crippen LogP contribution in [0.3, 0.4) is 0 Å². The number of amides is 1. The van der Waals surface area contributed by atoms with E-state index in [9.17, 15) is 4.79 Å². The molecule has 0 bridgehead atoms. The molecular formula is C22H33N3O. The molecule has 1 aromatic rings. The fraction of sp³-hybridized carbons (Fsp3) is 0.682. The Balaban J connectivity index is 1.22. The Kier molecular flexibility index (Phi) is 5.91. The number of nitrogens with zero attached hydrogens (tertiary/aromatic N) is 3. The second kappa shape index (κ2) is 8.53. The van der Waals surface area contributed by atoms with Crippen molar-refractivity contribution in [2.24, 2.45) is 5.92 Å². The highest BCUT2D eigenvalue weighted by Crippen LogP contribution is 2.26. The van der Waals surface area contributed by atoms with Gasteiger partial charge in [-0.15, -0.1) is 0 Å². The van der Waals surface area contributed by atoms with Crippen molar-refractivity contribution < 1.29 is 4.79 Å². The minimum absolute atomic E-state index is 0.264. The molecule has 1 unspecified atom stereocenters. The van der Waals surface area contributed by atoms with Gasteiger partial charge in [-0.25, -0.2) is 0 Å². The van der Waals surface area contributed by atoms with Crippen molar-refractivity contribution in [3.8, 4) is 0 Å². The Bertz CT molecular complexity index is 578. The monoisotopic (exact) mass is 355 g/mol. The van der Waals surface area contributed by atoms with Crippen LogP contribution in [0.4, 0.5) is 0 Å². The fourth-order valence-electron chi connectivity index (χ4n) is 4.77. The first-order chi connectivity index (χ1) is 12.8. The lowest BCUT2D eigenvalue weighted by Gasteiger charge is -2.43. The summed E-state index contributed by atoms with van der Waals surface area (Å²) in [6, 6.07) is 11.5. The van der Waals surface area contributed by atoms with Gasteiger partial charge < -0.3 is 9.80 Å². The number of hydrogen-bond acceptors (Lipinski definition) is 3. The van der Waals surface area contributed by atoms with Crippen LogP contribution in [0.5, 0.6) is 0 Å². The van der Waals surface area contributed by atoms with Crippen LogP contribution in [0.1, 0.15) is 37.7 Å². The van der Waals surface area contributed by atoms with Crippen molar-refractivity contribution in [2.75, 3.05) is 45.8 Å². The van der Waals surface area contributed by atoms with Crippen molar-refractivity contribution >= 4 is 5.91 Å². The predicted octanol–water partition coefficient (Wildman–Crippen LogP) is 2.64. The maximum atomic E-state index is 12.6. The summed E-state index contributed by atoms with van der Waals surface area (Å²) in [6.45, 7) is 7.77. The van der Waals surface area contributed by atoms with Gasteiger partial charge in [0.15, 0.2) is 0 Å². The zero-order chi connectivity index (χ0) is 17.8. The molecule has 142 valence electrons. The third-order valence-corrected chi connectivity index (χ3v) is 6.60. The summed E-state index contributed by atoms with van der Waals surface area (Å²) in [5.41, 5.74) is 1.44. The third-order valence-electron chi connectivity index (χ3n) is 6.60. The Labute approximate surface area is 158 Å². The number of carbonyl (C=O) groups is 1. The average molecular weight is 356 g/mol. The van der Waals surface area contributed by atoms with Crippen molar-refractivity contribution in [3.05, 3.63) is 35.9 Å². The molecule has 3 fully saturated rings. The fourth-order valence-corrected chi connectivity index (χ4v) is 4.77. The average Bonchev–Trinajstić information content (AvgIpc) is 2.66. The van der Waals surface area contributed by atoms with Crippen LogP contribution in [0.2, 0.25) is 0 Å². The van der Waals surface area contributed by atoms with Crippen LogP contribution in [0.15, 0.2) is 30.3 Å². The van der Waals surface area contributed by atoms with Gasteiger partial charge in [0.1, 0.15) is 0 Å². The number of benzene rings is 1. The molecule has 1 atom stereocenters. The van der Waals surface area contributed by atoms with E-state index in [0.29, 0.717) is 11.9 Å². The molecule has 3 heterocycles. The molecule has 1 aromatic carbocycles. The first-order valence-electron chi connectivity index (χ1n) is 10.6. The van der Waals surface area contributed by atoms with Crippen molar-refractivity contribution in [1.82, 2.24) is 14.7 Å². The smallest absolute Gasteiger partial charge is 0.226 e. The second-order valence-electron chi connectivity index (χ2n) is 8.32. The van der Waals surface area contributed by atoms with E-state index in [4.69, 9.17) is 0 Å². The van der Waals surface area contributed by atoms with E-state index in [1.54, 1.807) is 0 Å². The Morgan fingerprint density at radius 3 is 2.38 bits per heavy atom. The topological polar surface area (TPSA) is 26.8 Å². The van der Waals surface area contributed by atoms with E-state index >= 15 is 0 Å². The molecule has 0 aliphatic carbocycles. The van der Waals surface area contributed by atoms with Crippen LogP contribution < -0.4 is 0 Å². The molecule has 4 heteroatoms. The second-order valence-corrected chi connectivity index (χ2v) is 8.32. The van der Waals surface area contributed by atoms with Crippen LogP contribution in [0, 0.1) is 5.92 Å². The number of carbonyl (C=O) groups excluding carboxylic acids is 1. The van der Waals surface area contributed by atoms with E-state index < -0.39 is 0 Å². The van der Waals surface area contributed by atoms with Crippen molar-refractivity contribution in [3.63, 3.8) is 0 Å². The lowest BCUT2D eigenvalue weighted by atomic mass is 9.92. The van der Waals surface area contributed by atoms with E-state index in [-0.39, 0.29) is 5.92 Å². The van der Waals surface area contributed by atoms with Crippen molar-refractivity contribution in [1.29, 1.82) is 0 Å². The zero-order valence-corrected chi connectivity index (χ0v) is 16.0. The van der Waals surface area contributed by atoms with Crippen LogP contribution in [-0.2, 0) is 11.2 Å². The molecule has 26 heavy (non-hydrogen) atoms. The van der Waals surface area contributed by atoms with E-state index in [2.05, 4.69) is 45.0 Å². The lowest BCUT2D eigenvalue weighted by molar-refractivity contribution is -0.141. The summed E-state index contributed by atoms with van der Waals surface area (Å²) in [4.78, 5) is 19.9. The summed E-state index contributed by atoms with van der Waals surface area (Å²) in [5, 5.41) is 0. The lowest BCUT2D eigenvalue weighted by Crippen LogP contribution is -2.53. The Morgan fingerprint density at radius 2 is 1.69 bits per heavy atom. The van der Waals surface area contributed by atoms with Gasteiger partial charge in [0, 0.05) is 32.2 Å². The zero-order valence-electron chi connectivity index (χ0n) is 16.0. The van der Waals surface area contributed by atoms with Crippen molar-refractivity contribution in [2.45, 2.75) is 44.6 Å². The van der Waals surface area contributed by atoms with Gasteiger partial charge in [-0.3, -0.25) is 9.69 Å².